The molecule has 2 fully saturated rings. The highest BCUT2D eigenvalue weighted by Gasteiger charge is 2.44. The van der Waals surface area contributed by atoms with Gasteiger partial charge in [-0.2, -0.15) is 5.06 Å². The van der Waals surface area contributed by atoms with Crippen LogP contribution in [0.1, 0.15) is 46.4 Å². The first kappa shape index (κ1) is 19.2. The summed E-state index contributed by atoms with van der Waals surface area (Å²) in [6, 6.07) is 8.21. The van der Waals surface area contributed by atoms with Gasteiger partial charge in [0.1, 0.15) is 35.7 Å². The predicted octanol–water partition coefficient (Wildman–Crippen LogP) is 4.02. The Morgan fingerprint density at radius 2 is 1.82 bits per heavy atom. The first-order valence-electron chi connectivity index (χ1n) is 8.88. The average Bonchev–Trinajstić information content (AvgIpc) is 3.44. The zero-order chi connectivity index (χ0) is 20.0. The summed E-state index contributed by atoms with van der Waals surface area (Å²) in [5.41, 5.74) is 0.375. The summed E-state index contributed by atoms with van der Waals surface area (Å²) in [5, 5.41) is 11.2. The number of hydroxylamine groups is 2. The van der Waals surface area contributed by atoms with Crippen LogP contribution < -0.4 is 0 Å². The van der Waals surface area contributed by atoms with Crippen molar-refractivity contribution in [3.63, 3.8) is 0 Å². The Bertz CT molecular complexity index is 928. The van der Waals surface area contributed by atoms with Crippen LogP contribution in [0.4, 0.5) is 8.78 Å². The molecule has 1 heterocycles. The van der Waals surface area contributed by atoms with Gasteiger partial charge in [0.2, 0.25) is 0 Å². The number of nitrogens with zero attached hydrogens (tertiary/aromatic N) is 2. The van der Waals surface area contributed by atoms with Crippen molar-refractivity contribution in [3.05, 3.63) is 69.2 Å². The maximum atomic E-state index is 14.6. The number of carbonyl (C=O) groups excluding carboxylic acids is 2. The minimum absolute atomic E-state index is 0.140. The molecule has 5 nitrogen and oxygen atoms in total. The maximum Gasteiger partial charge on any atom is 0.261 e. The average molecular weight is 451 g/mol. The van der Waals surface area contributed by atoms with Crippen molar-refractivity contribution in [2.45, 2.75) is 31.0 Å². The summed E-state index contributed by atoms with van der Waals surface area (Å²) in [7, 11) is 0. The third kappa shape index (κ3) is 3.36. The highest BCUT2D eigenvalue weighted by atomic mass is 79.9. The number of aldehydes is 1. The maximum absolute atomic E-state index is 14.6. The van der Waals surface area contributed by atoms with E-state index in [2.05, 4.69) is 15.9 Å². The molecule has 4 rings (SSSR count). The molecule has 2 unspecified atom stereocenters. The van der Waals surface area contributed by atoms with Crippen molar-refractivity contribution < 1.29 is 23.6 Å². The van der Waals surface area contributed by atoms with Crippen LogP contribution in [0, 0.1) is 11.6 Å². The van der Waals surface area contributed by atoms with Crippen LogP contribution in [0.25, 0.3) is 0 Å². The Morgan fingerprint density at radius 1 is 1.14 bits per heavy atom. The monoisotopic (exact) mass is 450 g/mol. The van der Waals surface area contributed by atoms with Gasteiger partial charge in [0.05, 0.1) is 0 Å². The molecule has 0 spiro atoms. The van der Waals surface area contributed by atoms with Crippen molar-refractivity contribution in [1.29, 1.82) is 0 Å². The van der Waals surface area contributed by atoms with Gasteiger partial charge in [-0.05, 0) is 54.2 Å². The molecule has 1 amide bonds. The SMILES string of the molecule is O=CC1CN(C(=O)c2c(F)cc(C3CC3)cc2F)C(c2cccc(Br)c2)N1O. The Morgan fingerprint density at radius 3 is 2.39 bits per heavy atom. The number of amides is 1. The van der Waals surface area contributed by atoms with E-state index < -0.39 is 35.3 Å². The smallest absolute Gasteiger partial charge is 0.261 e. The summed E-state index contributed by atoms with van der Waals surface area (Å²) < 4.78 is 30.0. The fourth-order valence-electron chi connectivity index (χ4n) is 3.60. The zero-order valence-electron chi connectivity index (χ0n) is 14.7. The lowest BCUT2D eigenvalue weighted by Crippen LogP contribution is -2.35. The molecule has 0 radical (unpaired) electrons. The van der Waals surface area contributed by atoms with Gasteiger partial charge in [0.25, 0.3) is 5.91 Å². The van der Waals surface area contributed by atoms with Crippen molar-refractivity contribution in [2.24, 2.45) is 0 Å². The van der Waals surface area contributed by atoms with E-state index >= 15 is 0 Å². The molecule has 146 valence electrons. The quantitative estimate of drug-likeness (QED) is 0.714. The number of carbonyl (C=O) groups is 2. The van der Waals surface area contributed by atoms with E-state index in [4.69, 9.17) is 0 Å². The molecule has 2 aromatic carbocycles. The second-order valence-corrected chi connectivity index (χ2v) is 8.02. The van der Waals surface area contributed by atoms with Crippen LogP contribution in [-0.4, -0.2) is 40.0 Å². The second kappa shape index (κ2) is 7.35. The van der Waals surface area contributed by atoms with Crippen LogP contribution in [0.2, 0.25) is 0 Å². The Labute approximate surface area is 168 Å². The number of hydrogen-bond donors (Lipinski definition) is 1. The third-order valence-electron chi connectivity index (χ3n) is 5.16. The molecule has 0 aromatic heterocycles. The number of rotatable bonds is 4. The number of halogens is 3. The van der Waals surface area contributed by atoms with Gasteiger partial charge in [-0.3, -0.25) is 4.79 Å². The lowest BCUT2D eigenvalue weighted by molar-refractivity contribution is -0.154. The van der Waals surface area contributed by atoms with Crippen molar-refractivity contribution in [1.82, 2.24) is 9.96 Å². The lowest BCUT2D eigenvalue weighted by atomic mass is 10.0. The van der Waals surface area contributed by atoms with E-state index in [1.54, 1.807) is 24.3 Å². The molecule has 1 aliphatic heterocycles. The molecule has 1 N–H and O–H groups in total. The summed E-state index contributed by atoms with van der Waals surface area (Å²) >= 11 is 3.32. The van der Waals surface area contributed by atoms with E-state index in [9.17, 15) is 23.6 Å². The molecule has 1 saturated heterocycles. The second-order valence-electron chi connectivity index (χ2n) is 7.10. The van der Waals surface area contributed by atoms with Crippen molar-refractivity contribution >= 4 is 28.1 Å². The molecule has 0 bridgehead atoms. The molecule has 2 aromatic rings. The van der Waals surface area contributed by atoms with Crippen molar-refractivity contribution in [2.75, 3.05) is 6.54 Å². The largest absolute Gasteiger partial charge is 0.314 e. The van der Waals surface area contributed by atoms with E-state index in [1.165, 1.54) is 12.1 Å². The van der Waals surface area contributed by atoms with Crippen molar-refractivity contribution in [3.8, 4) is 0 Å². The molecular weight excluding hydrogens is 434 g/mol. The molecular formula is C20H17BrF2N2O3. The van der Waals surface area contributed by atoms with Gasteiger partial charge in [-0.1, -0.05) is 28.1 Å². The van der Waals surface area contributed by atoms with Gasteiger partial charge in [-0.25, -0.2) is 8.78 Å². The first-order chi connectivity index (χ1) is 13.4. The van der Waals surface area contributed by atoms with E-state index in [0.29, 0.717) is 21.9 Å². The molecule has 2 atom stereocenters. The lowest BCUT2D eigenvalue weighted by Gasteiger charge is -2.28. The highest BCUT2D eigenvalue weighted by Crippen LogP contribution is 2.41. The topological polar surface area (TPSA) is 60.9 Å². The van der Waals surface area contributed by atoms with Gasteiger partial charge < -0.3 is 14.9 Å². The highest BCUT2D eigenvalue weighted by molar-refractivity contribution is 9.10. The van der Waals surface area contributed by atoms with Gasteiger partial charge >= 0.3 is 0 Å². The normalized spacial score (nSPS) is 22.5. The molecule has 28 heavy (non-hydrogen) atoms. The predicted molar refractivity (Wildman–Crippen MR) is 99.7 cm³/mol. The zero-order valence-corrected chi connectivity index (χ0v) is 16.3. The van der Waals surface area contributed by atoms with E-state index in [1.807, 2.05) is 0 Å². The standard InChI is InChI=1S/C20H17BrF2N2O3/c21-14-3-1-2-12(6-14)19-24(9-15(10-26)25(19)28)20(27)18-16(22)7-13(8-17(18)23)11-4-5-11/h1-3,6-8,10-11,15,19,28H,4-5,9H2. The fraction of sp³-hybridized carbons (Fsp3) is 0.300. The molecule has 2 aliphatic rings. The third-order valence-corrected chi connectivity index (χ3v) is 5.65. The Balaban J connectivity index is 1.73. The van der Waals surface area contributed by atoms with Crippen LogP contribution in [-0.2, 0) is 4.79 Å². The summed E-state index contributed by atoms with van der Waals surface area (Å²) in [6.07, 6.45) is 1.22. The molecule has 1 saturated carbocycles. The molecule has 8 heteroatoms. The summed E-state index contributed by atoms with van der Waals surface area (Å²) in [6.45, 7) is -0.181. The van der Waals surface area contributed by atoms with Gasteiger partial charge in [-0.15, -0.1) is 0 Å². The summed E-state index contributed by atoms with van der Waals surface area (Å²) in [4.78, 5) is 25.5. The van der Waals surface area contributed by atoms with Crippen LogP contribution >= 0.6 is 15.9 Å². The van der Waals surface area contributed by atoms with E-state index in [0.717, 1.165) is 22.8 Å². The van der Waals surface area contributed by atoms with Gasteiger partial charge in [0, 0.05) is 11.0 Å². The van der Waals surface area contributed by atoms with Crippen LogP contribution in [0.5, 0.6) is 0 Å². The Kier molecular flexibility index (Phi) is 5.03. The number of hydrogen-bond acceptors (Lipinski definition) is 4. The van der Waals surface area contributed by atoms with Crippen LogP contribution in [0.15, 0.2) is 40.9 Å². The minimum atomic E-state index is -1.04. The van der Waals surface area contributed by atoms with Gasteiger partial charge in [0.15, 0.2) is 0 Å². The van der Waals surface area contributed by atoms with E-state index in [-0.39, 0.29) is 12.5 Å². The summed E-state index contributed by atoms with van der Waals surface area (Å²) in [5.74, 6) is -2.63. The fourth-order valence-corrected chi connectivity index (χ4v) is 4.02. The minimum Gasteiger partial charge on any atom is -0.314 e. The van der Waals surface area contributed by atoms with Crippen LogP contribution in [0.3, 0.4) is 0 Å². The first-order valence-corrected chi connectivity index (χ1v) is 9.68. The Hall–Kier alpha value is -2.16. The number of benzene rings is 2. The molecule has 1 aliphatic carbocycles.